The van der Waals surface area contributed by atoms with Crippen LogP contribution < -0.4 is 5.32 Å². The lowest BCUT2D eigenvalue weighted by Crippen LogP contribution is -2.34. The zero-order valence-electron chi connectivity index (χ0n) is 10.6. The van der Waals surface area contributed by atoms with E-state index in [2.05, 4.69) is 27.4 Å². The van der Waals surface area contributed by atoms with Gasteiger partial charge in [-0.05, 0) is 43.9 Å². The maximum Gasteiger partial charge on any atom is 0.104 e. The molecule has 2 aromatic rings. The Morgan fingerprint density at radius 1 is 1.44 bits per heavy atom. The van der Waals surface area contributed by atoms with E-state index in [1.807, 2.05) is 13.0 Å². The molecule has 4 nitrogen and oxygen atoms in total. The van der Waals surface area contributed by atoms with Gasteiger partial charge in [-0.1, -0.05) is 6.07 Å². The molecule has 2 atom stereocenters. The first-order valence-corrected chi connectivity index (χ1v) is 6.59. The molecular formula is C14H19N3O. The van der Waals surface area contributed by atoms with Crippen molar-refractivity contribution in [2.45, 2.75) is 44.9 Å². The number of rotatable bonds is 3. The molecular weight excluding hydrogens is 226 g/mol. The summed E-state index contributed by atoms with van der Waals surface area (Å²) in [7, 11) is 0. The molecule has 1 fully saturated rings. The Hall–Kier alpha value is -1.39. The molecule has 3 N–H and O–H groups in total. The van der Waals surface area contributed by atoms with E-state index in [1.54, 1.807) is 0 Å². The minimum atomic E-state index is -0.178. The first-order valence-electron chi connectivity index (χ1n) is 6.59. The standard InChI is InChI=1S/C14H19N3O/c1-9-16-11-6-5-10(7-13(11)17-9)8-15-12-3-2-4-14(12)18/h5-7,12,14-15,18H,2-4,8H2,1H3,(H,16,17). The largest absolute Gasteiger partial charge is 0.392 e. The Morgan fingerprint density at radius 2 is 2.33 bits per heavy atom. The van der Waals surface area contributed by atoms with Gasteiger partial charge in [0.25, 0.3) is 0 Å². The second kappa shape index (κ2) is 4.71. The van der Waals surface area contributed by atoms with Crippen LogP contribution in [0.2, 0.25) is 0 Å². The van der Waals surface area contributed by atoms with Crippen LogP contribution in [-0.4, -0.2) is 27.2 Å². The second-order valence-corrected chi connectivity index (χ2v) is 5.16. The van der Waals surface area contributed by atoms with Crippen LogP contribution in [0.5, 0.6) is 0 Å². The molecule has 1 aliphatic carbocycles. The van der Waals surface area contributed by atoms with E-state index >= 15 is 0 Å². The minimum absolute atomic E-state index is 0.178. The van der Waals surface area contributed by atoms with E-state index in [1.165, 1.54) is 5.56 Å². The number of aryl methyl sites for hydroxylation is 1. The van der Waals surface area contributed by atoms with Crippen molar-refractivity contribution >= 4 is 11.0 Å². The van der Waals surface area contributed by atoms with E-state index < -0.39 is 0 Å². The lowest BCUT2D eigenvalue weighted by Gasteiger charge is -2.16. The van der Waals surface area contributed by atoms with E-state index in [9.17, 15) is 5.11 Å². The number of nitrogens with zero attached hydrogens (tertiary/aromatic N) is 1. The van der Waals surface area contributed by atoms with Crippen molar-refractivity contribution in [2.24, 2.45) is 0 Å². The number of aliphatic hydroxyl groups is 1. The van der Waals surface area contributed by atoms with Crippen molar-refractivity contribution < 1.29 is 5.11 Å². The average Bonchev–Trinajstić information content (AvgIpc) is 2.90. The van der Waals surface area contributed by atoms with Crippen LogP contribution in [0.4, 0.5) is 0 Å². The highest BCUT2D eigenvalue weighted by Gasteiger charge is 2.24. The first kappa shape index (κ1) is 11.7. The number of fused-ring (bicyclic) bond motifs is 1. The molecule has 18 heavy (non-hydrogen) atoms. The summed E-state index contributed by atoms with van der Waals surface area (Å²) in [5.74, 6) is 0.946. The number of hydrogen-bond donors (Lipinski definition) is 3. The Morgan fingerprint density at radius 3 is 3.11 bits per heavy atom. The summed E-state index contributed by atoms with van der Waals surface area (Å²) in [5, 5.41) is 13.2. The predicted molar refractivity (Wildman–Crippen MR) is 71.3 cm³/mol. The van der Waals surface area contributed by atoms with Crippen molar-refractivity contribution in [1.82, 2.24) is 15.3 Å². The normalized spacial score (nSPS) is 23.9. The number of H-pyrrole nitrogens is 1. The van der Waals surface area contributed by atoms with Gasteiger partial charge in [0.05, 0.1) is 17.1 Å². The van der Waals surface area contributed by atoms with Gasteiger partial charge in [0.1, 0.15) is 5.82 Å². The molecule has 2 unspecified atom stereocenters. The summed E-state index contributed by atoms with van der Waals surface area (Å²) in [6.45, 7) is 2.77. The Balaban J connectivity index is 1.70. The third-order valence-corrected chi connectivity index (χ3v) is 3.71. The second-order valence-electron chi connectivity index (χ2n) is 5.16. The molecule has 0 bridgehead atoms. The topological polar surface area (TPSA) is 60.9 Å². The number of nitrogens with one attached hydrogen (secondary N) is 2. The van der Waals surface area contributed by atoms with E-state index in [0.29, 0.717) is 0 Å². The number of imidazole rings is 1. The molecule has 0 aliphatic heterocycles. The van der Waals surface area contributed by atoms with Gasteiger partial charge in [0.15, 0.2) is 0 Å². The highest BCUT2D eigenvalue weighted by Crippen LogP contribution is 2.19. The highest BCUT2D eigenvalue weighted by atomic mass is 16.3. The fraction of sp³-hybridized carbons (Fsp3) is 0.500. The summed E-state index contributed by atoms with van der Waals surface area (Å²) in [6, 6.07) is 6.52. The van der Waals surface area contributed by atoms with Crippen molar-refractivity contribution in [1.29, 1.82) is 0 Å². The number of hydrogen-bond acceptors (Lipinski definition) is 3. The van der Waals surface area contributed by atoms with E-state index in [4.69, 9.17) is 0 Å². The van der Waals surface area contributed by atoms with Crippen LogP contribution in [-0.2, 0) is 6.54 Å². The summed E-state index contributed by atoms with van der Waals surface area (Å²) < 4.78 is 0. The molecule has 1 aliphatic rings. The quantitative estimate of drug-likeness (QED) is 0.773. The smallest absolute Gasteiger partial charge is 0.104 e. The van der Waals surface area contributed by atoms with Crippen molar-refractivity contribution in [3.05, 3.63) is 29.6 Å². The molecule has 1 heterocycles. The summed E-state index contributed by atoms with van der Waals surface area (Å²) in [4.78, 5) is 7.64. The van der Waals surface area contributed by atoms with Gasteiger partial charge < -0.3 is 15.4 Å². The molecule has 0 saturated heterocycles. The van der Waals surface area contributed by atoms with Gasteiger partial charge in [-0.2, -0.15) is 0 Å². The Labute approximate surface area is 106 Å². The molecule has 96 valence electrons. The highest BCUT2D eigenvalue weighted by molar-refractivity contribution is 5.75. The molecule has 0 spiro atoms. The maximum absolute atomic E-state index is 9.76. The Kier molecular flexibility index (Phi) is 3.06. The number of aliphatic hydroxyl groups excluding tert-OH is 1. The van der Waals surface area contributed by atoms with Gasteiger partial charge in [-0.25, -0.2) is 4.98 Å². The summed E-state index contributed by atoms with van der Waals surface area (Å²) in [6.07, 6.45) is 2.95. The van der Waals surface area contributed by atoms with Crippen LogP contribution in [0, 0.1) is 6.92 Å². The van der Waals surface area contributed by atoms with E-state index in [-0.39, 0.29) is 12.1 Å². The number of benzene rings is 1. The van der Waals surface area contributed by atoms with Crippen LogP contribution in [0.1, 0.15) is 30.7 Å². The third-order valence-electron chi connectivity index (χ3n) is 3.71. The molecule has 1 saturated carbocycles. The Bertz CT molecular complexity index is 549. The van der Waals surface area contributed by atoms with E-state index in [0.717, 1.165) is 42.7 Å². The lowest BCUT2D eigenvalue weighted by molar-refractivity contribution is 0.148. The average molecular weight is 245 g/mol. The number of aromatic amines is 1. The van der Waals surface area contributed by atoms with Crippen LogP contribution in [0.25, 0.3) is 11.0 Å². The van der Waals surface area contributed by atoms with Crippen molar-refractivity contribution in [2.75, 3.05) is 0 Å². The summed E-state index contributed by atoms with van der Waals surface area (Å²) >= 11 is 0. The minimum Gasteiger partial charge on any atom is -0.392 e. The molecule has 4 heteroatoms. The maximum atomic E-state index is 9.76. The molecule has 1 aromatic carbocycles. The molecule has 0 radical (unpaired) electrons. The van der Waals surface area contributed by atoms with Crippen LogP contribution in [0.3, 0.4) is 0 Å². The monoisotopic (exact) mass is 245 g/mol. The van der Waals surface area contributed by atoms with Gasteiger partial charge in [-0.15, -0.1) is 0 Å². The molecule has 1 aromatic heterocycles. The zero-order valence-corrected chi connectivity index (χ0v) is 10.6. The van der Waals surface area contributed by atoms with Gasteiger partial charge in [-0.3, -0.25) is 0 Å². The van der Waals surface area contributed by atoms with Crippen molar-refractivity contribution in [3.63, 3.8) is 0 Å². The van der Waals surface area contributed by atoms with Crippen LogP contribution >= 0.6 is 0 Å². The summed E-state index contributed by atoms with van der Waals surface area (Å²) in [5.41, 5.74) is 3.32. The van der Waals surface area contributed by atoms with Gasteiger partial charge in [0, 0.05) is 12.6 Å². The zero-order chi connectivity index (χ0) is 12.5. The van der Waals surface area contributed by atoms with Crippen LogP contribution in [0.15, 0.2) is 18.2 Å². The first-order chi connectivity index (χ1) is 8.72. The fourth-order valence-corrected chi connectivity index (χ4v) is 2.72. The fourth-order valence-electron chi connectivity index (χ4n) is 2.72. The predicted octanol–water partition coefficient (Wildman–Crippen LogP) is 1.87. The lowest BCUT2D eigenvalue weighted by atomic mass is 10.1. The SMILES string of the molecule is Cc1nc2ccc(CNC3CCCC3O)cc2[nH]1. The van der Waals surface area contributed by atoms with Gasteiger partial charge in [0.2, 0.25) is 0 Å². The third kappa shape index (κ3) is 2.26. The molecule has 0 amide bonds. The number of aromatic nitrogens is 2. The van der Waals surface area contributed by atoms with Crippen molar-refractivity contribution in [3.8, 4) is 0 Å². The molecule has 3 rings (SSSR count). The van der Waals surface area contributed by atoms with Gasteiger partial charge >= 0.3 is 0 Å².